The summed E-state index contributed by atoms with van der Waals surface area (Å²) in [5.41, 5.74) is 3.48. The minimum Gasteiger partial charge on any atom is -0.497 e. The molecule has 174 valence electrons. The summed E-state index contributed by atoms with van der Waals surface area (Å²) in [7, 11) is 5.09. The molecule has 7 nitrogen and oxygen atoms in total. The van der Waals surface area contributed by atoms with Crippen molar-refractivity contribution in [3.63, 3.8) is 0 Å². The molecule has 0 amide bonds. The Morgan fingerprint density at radius 1 is 1.00 bits per heavy atom. The molecule has 0 aromatic heterocycles. The van der Waals surface area contributed by atoms with E-state index in [-0.39, 0.29) is 0 Å². The molecular formula is C25H36N4O3. The van der Waals surface area contributed by atoms with E-state index < -0.39 is 0 Å². The van der Waals surface area contributed by atoms with E-state index in [1.165, 1.54) is 11.1 Å². The van der Waals surface area contributed by atoms with E-state index in [9.17, 15) is 0 Å². The van der Waals surface area contributed by atoms with Crippen molar-refractivity contribution in [2.24, 2.45) is 4.99 Å². The maximum Gasteiger partial charge on any atom is 0.191 e. The average Bonchev–Trinajstić information content (AvgIpc) is 2.83. The monoisotopic (exact) mass is 440 g/mol. The Hall–Kier alpha value is -2.93. The Kier molecular flexibility index (Phi) is 9.04. The molecular weight excluding hydrogens is 404 g/mol. The lowest BCUT2D eigenvalue weighted by atomic mass is 10.0. The first-order valence-corrected chi connectivity index (χ1v) is 11.2. The maximum absolute atomic E-state index is 5.42. The number of methoxy groups -OCH3 is 3. The molecule has 0 radical (unpaired) electrons. The predicted molar refractivity (Wildman–Crippen MR) is 130 cm³/mol. The molecule has 1 fully saturated rings. The fourth-order valence-corrected chi connectivity index (χ4v) is 3.93. The van der Waals surface area contributed by atoms with Crippen molar-refractivity contribution < 1.29 is 14.2 Å². The van der Waals surface area contributed by atoms with E-state index in [2.05, 4.69) is 58.9 Å². The van der Waals surface area contributed by atoms with Crippen molar-refractivity contribution in [1.29, 1.82) is 0 Å². The average molecular weight is 441 g/mol. The van der Waals surface area contributed by atoms with Gasteiger partial charge in [0.2, 0.25) is 0 Å². The van der Waals surface area contributed by atoms with E-state index in [4.69, 9.17) is 19.2 Å². The van der Waals surface area contributed by atoms with Crippen LogP contribution in [0.2, 0.25) is 0 Å². The first-order valence-electron chi connectivity index (χ1n) is 11.2. The van der Waals surface area contributed by atoms with Gasteiger partial charge in [0.25, 0.3) is 0 Å². The standard InChI is InChI=1S/C25H36N4O3/c1-5-26-25(27-17-19-7-6-8-20(13-19)18-30-2)28-21-9-11-29(12-10-21)22-14-23(31-3)16-24(15-22)32-4/h6-8,13-16,21H,5,9-12,17-18H2,1-4H3,(H2,26,27,28). The van der Waals surface area contributed by atoms with Crippen LogP contribution in [0.25, 0.3) is 0 Å². The van der Waals surface area contributed by atoms with Crippen LogP contribution in [0, 0.1) is 0 Å². The van der Waals surface area contributed by atoms with Crippen LogP contribution < -0.4 is 25.0 Å². The number of aliphatic imine (C=N–C) groups is 1. The van der Waals surface area contributed by atoms with Crippen molar-refractivity contribution in [2.75, 3.05) is 45.9 Å². The normalized spacial score (nSPS) is 14.9. The Balaban J connectivity index is 1.58. The third-order valence-corrected chi connectivity index (χ3v) is 5.60. The molecule has 2 aromatic carbocycles. The molecule has 1 aliphatic heterocycles. The van der Waals surface area contributed by atoms with Gasteiger partial charge in [-0.2, -0.15) is 0 Å². The second kappa shape index (κ2) is 12.2. The van der Waals surface area contributed by atoms with E-state index in [0.29, 0.717) is 19.2 Å². The summed E-state index contributed by atoms with van der Waals surface area (Å²) in [6.07, 6.45) is 2.07. The van der Waals surface area contributed by atoms with Crippen LogP contribution in [0.5, 0.6) is 11.5 Å². The third-order valence-electron chi connectivity index (χ3n) is 5.60. The molecule has 0 atom stereocenters. The van der Waals surface area contributed by atoms with Gasteiger partial charge in [0.05, 0.1) is 27.4 Å². The summed E-state index contributed by atoms with van der Waals surface area (Å²) in [5, 5.41) is 7.00. The van der Waals surface area contributed by atoms with Crippen LogP contribution in [0.4, 0.5) is 5.69 Å². The van der Waals surface area contributed by atoms with Crippen molar-refractivity contribution in [3.05, 3.63) is 53.6 Å². The molecule has 0 spiro atoms. The zero-order valence-corrected chi connectivity index (χ0v) is 19.7. The number of hydrogen-bond donors (Lipinski definition) is 2. The van der Waals surface area contributed by atoms with Gasteiger partial charge in [-0.3, -0.25) is 0 Å². The molecule has 0 aliphatic carbocycles. The highest BCUT2D eigenvalue weighted by Crippen LogP contribution is 2.30. The number of nitrogens with zero attached hydrogens (tertiary/aromatic N) is 2. The highest BCUT2D eigenvalue weighted by molar-refractivity contribution is 5.80. The molecule has 0 saturated carbocycles. The van der Waals surface area contributed by atoms with Gasteiger partial charge in [0.15, 0.2) is 5.96 Å². The van der Waals surface area contributed by atoms with Crippen molar-refractivity contribution in [3.8, 4) is 11.5 Å². The Labute approximate surface area is 191 Å². The van der Waals surface area contributed by atoms with Crippen molar-refractivity contribution >= 4 is 11.6 Å². The van der Waals surface area contributed by atoms with Gasteiger partial charge >= 0.3 is 0 Å². The summed E-state index contributed by atoms with van der Waals surface area (Å²) in [4.78, 5) is 7.19. The first-order chi connectivity index (χ1) is 15.6. The molecule has 1 aliphatic rings. The van der Waals surface area contributed by atoms with Gasteiger partial charge in [-0.15, -0.1) is 0 Å². The summed E-state index contributed by atoms with van der Waals surface area (Å²) >= 11 is 0. The highest BCUT2D eigenvalue weighted by atomic mass is 16.5. The summed E-state index contributed by atoms with van der Waals surface area (Å²) in [5.74, 6) is 2.50. The fourth-order valence-electron chi connectivity index (χ4n) is 3.93. The Morgan fingerprint density at radius 2 is 1.69 bits per heavy atom. The molecule has 0 bridgehead atoms. The fraction of sp³-hybridized carbons (Fsp3) is 0.480. The topological polar surface area (TPSA) is 67.4 Å². The third kappa shape index (κ3) is 6.79. The molecule has 1 heterocycles. The van der Waals surface area contributed by atoms with E-state index in [1.54, 1.807) is 21.3 Å². The molecule has 1 saturated heterocycles. The number of ether oxygens (including phenoxy) is 3. The molecule has 2 N–H and O–H groups in total. The summed E-state index contributed by atoms with van der Waals surface area (Å²) < 4.78 is 16.1. The molecule has 32 heavy (non-hydrogen) atoms. The summed E-state index contributed by atoms with van der Waals surface area (Å²) in [6, 6.07) is 14.8. The van der Waals surface area contributed by atoms with Gasteiger partial charge in [-0.05, 0) is 30.9 Å². The largest absolute Gasteiger partial charge is 0.497 e. The zero-order valence-electron chi connectivity index (χ0n) is 19.7. The zero-order chi connectivity index (χ0) is 22.8. The van der Waals surface area contributed by atoms with Gasteiger partial charge < -0.3 is 29.7 Å². The van der Waals surface area contributed by atoms with Crippen LogP contribution in [0.3, 0.4) is 0 Å². The van der Waals surface area contributed by atoms with Gasteiger partial charge in [-0.25, -0.2) is 4.99 Å². The first kappa shape index (κ1) is 23.7. The van der Waals surface area contributed by atoms with Crippen molar-refractivity contribution in [1.82, 2.24) is 10.6 Å². The van der Waals surface area contributed by atoms with E-state index in [1.807, 2.05) is 6.07 Å². The quantitative estimate of drug-likeness (QED) is 0.459. The number of guanidine groups is 1. The van der Waals surface area contributed by atoms with Crippen LogP contribution >= 0.6 is 0 Å². The Morgan fingerprint density at radius 3 is 2.31 bits per heavy atom. The van der Waals surface area contributed by atoms with Gasteiger partial charge in [-0.1, -0.05) is 24.3 Å². The lowest BCUT2D eigenvalue weighted by Crippen LogP contribution is -2.48. The number of nitrogens with one attached hydrogen (secondary N) is 2. The van der Waals surface area contributed by atoms with Crippen LogP contribution in [0.15, 0.2) is 47.5 Å². The minimum atomic E-state index is 0.386. The van der Waals surface area contributed by atoms with Gasteiger partial charge in [0, 0.05) is 56.7 Å². The van der Waals surface area contributed by atoms with Gasteiger partial charge in [0.1, 0.15) is 11.5 Å². The van der Waals surface area contributed by atoms with Crippen LogP contribution in [0.1, 0.15) is 30.9 Å². The second-order valence-corrected chi connectivity index (χ2v) is 7.92. The maximum atomic E-state index is 5.42. The van der Waals surface area contributed by atoms with E-state index in [0.717, 1.165) is 55.6 Å². The van der Waals surface area contributed by atoms with Crippen molar-refractivity contribution in [2.45, 2.75) is 39.0 Å². The number of anilines is 1. The molecule has 2 aromatic rings. The Bertz CT molecular complexity index is 857. The number of hydrogen-bond acceptors (Lipinski definition) is 5. The second-order valence-electron chi connectivity index (χ2n) is 7.92. The van der Waals surface area contributed by atoms with E-state index >= 15 is 0 Å². The lowest BCUT2D eigenvalue weighted by Gasteiger charge is -2.34. The molecule has 0 unspecified atom stereocenters. The number of piperidine rings is 1. The SMILES string of the molecule is CCNC(=NCc1cccc(COC)c1)NC1CCN(c2cc(OC)cc(OC)c2)CC1. The predicted octanol–water partition coefficient (Wildman–Crippen LogP) is 3.57. The number of benzene rings is 2. The van der Waals surface area contributed by atoms with Crippen LogP contribution in [-0.2, 0) is 17.9 Å². The minimum absolute atomic E-state index is 0.386. The van der Waals surface area contributed by atoms with Crippen LogP contribution in [-0.4, -0.2) is 53.0 Å². The summed E-state index contributed by atoms with van der Waals surface area (Å²) in [6.45, 7) is 6.11. The lowest BCUT2D eigenvalue weighted by molar-refractivity contribution is 0.185. The highest BCUT2D eigenvalue weighted by Gasteiger charge is 2.21. The number of rotatable bonds is 9. The molecule has 3 rings (SSSR count). The molecule has 7 heteroatoms. The smallest absolute Gasteiger partial charge is 0.191 e.